The van der Waals surface area contributed by atoms with E-state index in [9.17, 15) is 14.9 Å². The molecule has 6 aromatic rings. The van der Waals surface area contributed by atoms with E-state index in [2.05, 4.69) is 10.9 Å². The first-order valence-corrected chi connectivity index (χ1v) is 13.3. The quantitative estimate of drug-likeness (QED) is 0.137. The molecule has 0 aliphatic carbocycles. The van der Waals surface area contributed by atoms with Gasteiger partial charge in [-0.05, 0) is 46.5 Å². The van der Waals surface area contributed by atoms with Crippen molar-refractivity contribution in [3.63, 3.8) is 0 Å². The van der Waals surface area contributed by atoms with Crippen LogP contribution in [0.1, 0.15) is 56.2 Å². The molecular formula is C32H23N3O2S. The fourth-order valence-electron chi connectivity index (χ4n) is 5.66. The summed E-state index contributed by atoms with van der Waals surface area (Å²) in [5.74, 6) is 0.143. The molecule has 0 saturated heterocycles. The number of aromatic nitrogens is 1. The number of rotatable bonds is 3. The van der Waals surface area contributed by atoms with Gasteiger partial charge in [0, 0.05) is 30.9 Å². The van der Waals surface area contributed by atoms with Gasteiger partial charge < -0.3 is 0 Å². The summed E-state index contributed by atoms with van der Waals surface area (Å²) < 4.78 is 2.90. The lowest BCUT2D eigenvalue weighted by Crippen LogP contribution is -2.34. The zero-order valence-electron chi connectivity index (χ0n) is 21.4. The zero-order valence-corrected chi connectivity index (χ0v) is 22.2. The van der Waals surface area contributed by atoms with Crippen LogP contribution in [0, 0.1) is 17.9 Å². The smallest absolute Gasteiger partial charge is 0.266 e. The first-order valence-electron chi connectivity index (χ1n) is 12.5. The summed E-state index contributed by atoms with van der Waals surface area (Å²) in [5.41, 5.74) is 2.25. The number of nitrogens with zero attached hydrogens (tertiary/aromatic N) is 3. The highest BCUT2D eigenvalue weighted by atomic mass is 32.1. The zero-order chi connectivity index (χ0) is 26.9. The summed E-state index contributed by atoms with van der Waals surface area (Å²) in [5, 5.41) is 13.6. The minimum atomic E-state index is -0.439. The Morgan fingerprint density at radius 2 is 1.47 bits per heavy atom. The predicted molar refractivity (Wildman–Crippen MR) is 157 cm³/mol. The Hall–Kier alpha value is -4.52. The number of pyridine rings is 1. The molecule has 0 bridgehead atoms. The van der Waals surface area contributed by atoms with Crippen LogP contribution >= 0.6 is 11.3 Å². The molecule has 0 aliphatic rings. The lowest BCUT2D eigenvalue weighted by molar-refractivity contribution is 0.793. The molecule has 2 heterocycles. The van der Waals surface area contributed by atoms with Gasteiger partial charge in [-0.3, -0.25) is 9.59 Å². The Balaban J connectivity index is 1.95. The number of benzene rings is 4. The Morgan fingerprint density at radius 3 is 2.08 bits per heavy atom. The molecule has 2 aromatic heterocycles. The molecule has 0 fully saturated rings. The molecule has 6 rings (SSSR count). The maximum absolute atomic E-state index is 14.3. The van der Waals surface area contributed by atoms with Crippen molar-refractivity contribution in [3.05, 3.63) is 103 Å². The van der Waals surface area contributed by atoms with Gasteiger partial charge in [0.25, 0.3) is 11.1 Å². The fraction of sp³-hybridized carbons (Fsp3) is 0.188. The Kier molecular flexibility index (Phi) is 5.35. The van der Waals surface area contributed by atoms with Crippen LogP contribution in [-0.4, -0.2) is 4.57 Å². The van der Waals surface area contributed by atoms with Gasteiger partial charge in [-0.2, -0.15) is 5.26 Å². The van der Waals surface area contributed by atoms with Gasteiger partial charge >= 0.3 is 0 Å². The van der Waals surface area contributed by atoms with Gasteiger partial charge in [0.05, 0.1) is 29.3 Å². The second-order valence-corrected chi connectivity index (χ2v) is 11.3. The van der Waals surface area contributed by atoms with Crippen LogP contribution in [0.2, 0.25) is 0 Å². The number of nitriles is 1. The number of para-hydroxylation sites is 1. The number of fused-ring (bicyclic) bond motifs is 2. The van der Waals surface area contributed by atoms with Crippen molar-refractivity contribution in [2.24, 2.45) is 0 Å². The molecule has 6 heteroatoms. The highest BCUT2D eigenvalue weighted by Crippen LogP contribution is 2.45. The molecule has 0 radical (unpaired) electrons. The number of hydrogen-bond donors (Lipinski definition) is 0. The van der Waals surface area contributed by atoms with E-state index in [0.29, 0.717) is 48.6 Å². The predicted octanol–water partition coefficient (Wildman–Crippen LogP) is 7.98. The van der Waals surface area contributed by atoms with Gasteiger partial charge in [-0.15, -0.1) is 11.3 Å². The van der Waals surface area contributed by atoms with Crippen molar-refractivity contribution >= 4 is 58.7 Å². The van der Waals surface area contributed by atoms with E-state index in [1.807, 2.05) is 70.2 Å². The maximum Gasteiger partial charge on any atom is 0.266 e. The van der Waals surface area contributed by atoms with Crippen LogP contribution in [0.3, 0.4) is 0 Å². The van der Waals surface area contributed by atoms with E-state index in [0.717, 1.165) is 21.2 Å². The molecule has 0 N–H and O–H groups in total. The molecule has 38 heavy (non-hydrogen) atoms. The summed E-state index contributed by atoms with van der Waals surface area (Å²) in [7, 11) is 0. The van der Waals surface area contributed by atoms with E-state index in [4.69, 9.17) is 6.57 Å². The van der Waals surface area contributed by atoms with Gasteiger partial charge in [-0.25, -0.2) is 9.41 Å². The molecule has 5 nitrogen and oxygen atoms in total. The van der Waals surface area contributed by atoms with E-state index in [-0.39, 0.29) is 11.8 Å². The molecule has 0 spiro atoms. The summed E-state index contributed by atoms with van der Waals surface area (Å²) in [4.78, 5) is 32.4. The average molecular weight is 514 g/mol. The van der Waals surface area contributed by atoms with Crippen molar-refractivity contribution in [1.29, 1.82) is 5.26 Å². The molecule has 0 aliphatic heterocycles. The largest absolute Gasteiger partial charge is 0.268 e. The summed E-state index contributed by atoms with van der Waals surface area (Å²) in [6.07, 6.45) is 0. The van der Waals surface area contributed by atoms with Crippen LogP contribution in [0.15, 0.2) is 64.2 Å². The molecule has 0 amide bonds. The first kappa shape index (κ1) is 23.9. The van der Waals surface area contributed by atoms with Crippen molar-refractivity contribution in [2.45, 2.75) is 39.5 Å². The highest BCUT2D eigenvalue weighted by molar-refractivity contribution is 7.25. The normalized spacial score (nSPS) is 11.8. The lowest BCUT2D eigenvalue weighted by Gasteiger charge is -2.22. The second-order valence-electron chi connectivity index (χ2n) is 10.2. The minimum absolute atomic E-state index is 0.0717. The summed E-state index contributed by atoms with van der Waals surface area (Å²) in [6, 6.07) is 19.2. The summed E-state index contributed by atoms with van der Waals surface area (Å²) in [6.45, 7) is 16.1. The van der Waals surface area contributed by atoms with Crippen molar-refractivity contribution < 1.29 is 0 Å². The minimum Gasteiger partial charge on any atom is -0.268 e. The van der Waals surface area contributed by atoms with E-state index in [1.165, 1.54) is 15.9 Å². The Bertz CT molecular complexity index is 2100. The molecule has 4 aromatic carbocycles. The third-order valence-corrected chi connectivity index (χ3v) is 8.57. The van der Waals surface area contributed by atoms with E-state index >= 15 is 0 Å². The molecule has 0 unspecified atom stereocenters. The van der Waals surface area contributed by atoms with Crippen LogP contribution < -0.4 is 11.1 Å². The van der Waals surface area contributed by atoms with E-state index in [1.54, 1.807) is 12.1 Å². The van der Waals surface area contributed by atoms with Gasteiger partial charge in [0.2, 0.25) is 5.69 Å². The van der Waals surface area contributed by atoms with E-state index < -0.39 is 11.1 Å². The molecule has 0 atom stereocenters. The van der Waals surface area contributed by atoms with Gasteiger partial charge in [0.15, 0.2) is 0 Å². The molecule has 184 valence electrons. The standard InChI is InChI=1S/C32H23N3O2S/c1-16(2)19-10-8-11-20(17(3)4)29(19)35-31(36)22-13-18(15-33)26-21-9-6-7-12-25(21)38-30-24(34-5)14-23(32(35)37)27(22)28(26)30/h6-14,16-17H,1-4H3. The fourth-order valence-corrected chi connectivity index (χ4v) is 6.82. The topological polar surface area (TPSA) is 67.2 Å². The Morgan fingerprint density at radius 1 is 0.842 bits per heavy atom. The Labute approximate surface area is 223 Å². The summed E-state index contributed by atoms with van der Waals surface area (Å²) >= 11 is 1.45. The highest BCUT2D eigenvalue weighted by Gasteiger charge is 2.26. The monoisotopic (exact) mass is 513 g/mol. The van der Waals surface area contributed by atoms with Gasteiger partial charge in [0.1, 0.15) is 0 Å². The lowest BCUT2D eigenvalue weighted by atomic mass is 9.91. The third-order valence-electron chi connectivity index (χ3n) is 7.38. The first-order chi connectivity index (χ1) is 18.3. The SMILES string of the molecule is [C-]#[N+]c1cc2c(=O)n(-c3c(C(C)C)cccc3C(C)C)c(=O)c3cc(C#N)c4c5ccccc5sc1c4c23. The van der Waals surface area contributed by atoms with Crippen LogP contribution in [0.25, 0.3) is 52.2 Å². The van der Waals surface area contributed by atoms with Crippen molar-refractivity contribution in [1.82, 2.24) is 4.57 Å². The molecular weight excluding hydrogens is 490 g/mol. The second kappa shape index (κ2) is 8.52. The average Bonchev–Trinajstić information content (AvgIpc) is 2.92. The number of hydrogen-bond acceptors (Lipinski definition) is 4. The van der Waals surface area contributed by atoms with Crippen LogP contribution in [0.5, 0.6) is 0 Å². The molecule has 0 saturated carbocycles. The maximum atomic E-state index is 14.3. The van der Waals surface area contributed by atoms with Crippen LogP contribution in [0.4, 0.5) is 5.69 Å². The van der Waals surface area contributed by atoms with Gasteiger partial charge in [-0.1, -0.05) is 64.1 Å². The van der Waals surface area contributed by atoms with Crippen LogP contribution in [-0.2, 0) is 0 Å². The van der Waals surface area contributed by atoms with Crippen molar-refractivity contribution in [3.8, 4) is 11.8 Å². The third kappa shape index (κ3) is 3.14. The van der Waals surface area contributed by atoms with Crippen molar-refractivity contribution in [2.75, 3.05) is 0 Å².